The summed E-state index contributed by atoms with van der Waals surface area (Å²) in [5.74, 6) is 0.760. The van der Waals surface area contributed by atoms with E-state index in [4.69, 9.17) is 9.26 Å². The van der Waals surface area contributed by atoms with Gasteiger partial charge in [0, 0.05) is 13.5 Å². The first-order valence-electron chi connectivity index (χ1n) is 7.75. The largest absolute Gasteiger partial charge is 0.370 e. The molecular weight excluding hydrogens is 268 g/mol. The second-order valence-electron chi connectivity index (χ2n) is 6.86. The average molecular weight is 294 g/mol. The van der Waals surface area contributed by atoms with Gasteiger partial charge in [-0.1, -0.05) is 25.9 Å². The van der Waals surface area contributed by atoms with Gasteiger partial charge in [-0.25, -0.2) is 0 Å². The summed E-state index contributed by atoms with van der Waals surface area (Å²) in [5, 5.41) is 4.11. The smallest absolute Gasteiger partial charge is 0.237 e. The monoisotopic (exact) mass is 294 g/mol. The Morgan fingerprint density at radius 1 is 1.33 bits per heavy atom. The molecule has 1 aromatic heterocycles. The van der Waals surface area contributed by atoms with Crippen LogP contribution in [0.15, 0.2) is 4.52 Å². The van der Waals surface area contributed by atoms with Crippen molar-refractivity contribution in [2.75, 3.05) is 7.11 Å². The second kappa shape index (κ2) is 5.87. The lowest BCUT2D eigenvalue weighted by Gasteiger charge is -2.40. The van der Waals surface area contributed by atoms with Gasteiger partial charge in [0.15, 0.2) is 0 Å². The molecule has 1 aliphatic rings. The molecule has 118 valence electrons. The molecule has 1 heterocycles. The Morgan fingerprint density at radius 2 is 1.95 bits per heavy atom. The van der Waals surface area contributed by atoms with E-state index in [0.717, 1.165) is 25.7 Å². The predicted molar refractivity (Wildman–Crippen MR) is 78.9 cm³/mol. The first-order chi connectivity index (χ1) is 9.83. The maximum atomic E-state index is 11.8. The summed E-state index contributed by atoms with van der Waals surface area (Å²) in [5.41, 5.74) is -0.133. The van der Waals surface area contributed by atoms with Crippen LogP contribution >= 0.6 is 0 Å². The molecule has 1 aliphatic carbocycles. The molecule has 0 amide bonds. The number of carbonyl (C=O) groups is 1. The van der Waals surface area contributed by atoms with Crippen molar-refractivity contribution >= 4 is 5.78 Å². The molecule has 0 bridgehead atoms. The van der Waals surface area contributed by atoms with Gasteiger partial charge in [-0.2, -0.15) is 4.98 Å². The molecule has 1 fully saturated rings. The molecule has 0 aliphatic heterocycles. The summed E-state index contributed by atoms with van der Waals surface area (Å²) in [6, 6.07) is 0. The minimum Gasteiger partial charge on any atom is -0.370 e. The van der Waals surface area contributed by atoms with Crippen molar-refractivity contribution < 1.29 is 14.1 Å². The number of hydrogen-bond donors (Lipinski definition) is 0. The van der Waals surface area contributed by atoms with Gasteiger partial charge in [0.2, 0.25) is 11.7 Å². The molecule has 21 heavy (non-hydrogen) atoms. The molecule has 2 rings (SSSR count). The lowest BCUT2D eigenvalue weighted by atomic mass is 9.70. The third kappa shape index (κ3) is 3.18. The second-order valence-corrected chi connectivity index (χ2v) is 6.86. The van der Waals surface area contributed by atoms with Crippen molar-refractivity contribution in [1.82, 2.24) is 10.1 Å². The number of hydrogen-bond acceptors (Lipinski definition) is 5. The maximum Gasteiger partial charge on any atom is 0.237 e. The molecule has 0 saturated heterocycles. The Morgan fingerprint density at radius 3 is 2.48 bits per heavy atom. The van der Waals surface area contributed by atoms with Crippen LogP contribution in [0.5, 0.6) is 0 Å². The zero-order chi connectivity index (χ0) is 15.7. The summed E-state index contributed by atoms with van der Waals surface area (Å²) < 4.78 is 11.1. The van der Waals surface area contributed by atoms with E-state index in [9.17, 15) is 4.79 Å². The number of carbonyl (C=O) groups excluding carboxylic acids is 1. The van der Waals surface area contributed by atoms with Crippen molar-refractivity contribution in [3.8, 4) is 0 Å². The number of methoxy groups -OCH3 is 1. The van der Waals surface area contributed by atoms with E-state index in [1.54, 1.807) is 7.11 Å². The Bertz CT molecular complexity index is 497. The first-order valence-corrected chi connectivity index (χ1v) is 7.75. The third-order valence-corrected chi connectivity index (χ3v) is 4.85. The SMILES string of the molecule is CCC(=O)C(C)c1nc(C2(OC)CCC(C)(C)CC2)no1. The van der Waals surface area contributed by atoms with E-state index < -0.39 is 5.60 Å². The van der Waals surface area contributed by atoms with Crippen LogP contribution in [-0.2, 0) is 15.1 Å². The van der Waals surface area contributed by atoms with Gasteiger partial charge in [-0.05, 0) is 38.0 Å². The molecule has 1 atom stereocenters. The molecule has 0 radical (unpaired) electrons. The van der Waals surface area contributed by atoms with Gasteiger partial charge < -0.3 is 9.26 Å². The maximum absolute atomic E-state index is 11.8. The van der Waals surface area contributed by atoms with E-state index in [-0.39, 0.29) is 11.7 Å². The highest BCUT2D eigenvalue weighted by molar-refractivity contribution is 5.83. The predicted octanol–water partition coefficient (Wildman–Crippen LogP) is 3.59. The van der Waals surface area contributed by atoms with Gasteiger partial charge in [0.05, 0.1) is 5.92 Å². The average Bonchev–Trinajstić information content (AvgIpc) is 2.96. The molecule has 0 N–H and O–H groups in total. The molecule has 0 aromatic carbocycles. The van der Waals surface area contributed by atoms with Gasteiger partial charge in [0.1, 0.15) is 11.4 Å². The fourth-order valence-electron chi connectivity index (χ4n) is 2.89. The Kier molecular flexibility index (Phi) is 4.51. The Balaban J connectivity index is 2.21. The lowest BCUT2D eigenvalue weighted by molar-refractivity contribution is -0.120. The number of ether oxygens (including phenoxy) is 1. The van der Waals surface area contributed by atoms with Crippen LogP contribution in [0, 0.1) is 5.41 Å². The van der Waals surface area contributed by atoms with Gasteiger partial charge in [0.25, 0.3) is 0 Å². The summed E-state index contributed by atoms with van der Waals surface area (Å²) in [7, 11) is 1.70. The van der Waals surface area contributed by atoms with E-state index in [1.807, 2.05) is 13.8 Å². The van der Waals surface area contributed by atoms with Crippen LogP contribution in [0.4, 0.5) is 0 Å². The van der Waals surface area contributed by atoms with Crippen LogP contribution in [0.3, 0.4) is 0 Å². The standard InChI is InChI=1S/C16H26N2O3/c1-6-12(19)11(2)13-17-14(18-21-13)16(20-5)9-7-15(3,4)8-10-16/h11H,6-10H2,1-5H3. The summed E-state index contributed by atoms with van der Waals surface area (Å²) >= 11 is 0. The molecule has 1 aromatic rings. The molecule has 1 saturated carbocycles. The quantitative estimate of drug-likeness (QED) is 0.830. The van der Waals surface area contributed by atoms with Crippen LogP contribution in [0.25, 0.3) is 0 Å². The number of nitrogens with zero attached hydrogens (tertiary/aromatic N) is 2. The van der Waals surface area contributed by atoms with E-state index >= 15 is 0 Å². The molecule has 0 spiro atoms. The van der Waals surface area contributed by atoms with Gasteiger partial charge >= 0.3 is 0 Å². The molecular formula is C16H26N2O3. The molecule has 5 heteroatoms. The zero-order valence-corrected chi connectivity index (χ0v) is 13.7. The highest BCUT2D eigenvalue weighted by atomic mass is 16.5. The highest BCUT2D eigenvalue weighted by Crippen LogP contribution is 2.46. The van der Waals surface area contributed by atoms with Crippen molar-refractivity contribution in [2.45, 2.75) is 71.3 Å². The molecule has 1 unspecified atom stereocenters. The van der Waals surface area contributed by atoms with Crippen LogP contribution in [0.1, 0.15) is 77.4 Å². The summed E-state index contributed by atoms with van der Waals surface area (Å²) in [6.07, 6.45) is 4.36. The van der Waals surface area contributed by atoms with Crippen LogP contribution in [0.2, 0.25) is 0 Å². The van der Waals surface area contributed by atoms with Crippen molar-refractivity contribution in [2.24, 2.45) is 5.41 Å². The van der Waals surface area contributed by atoms with E-state index in [2.05, 4.69) is 24.0 Å². The van der Waals surface area contributed by atoms with Gasteiger partial charge in [-0.3, -0.25) is 4.79 Å². The zero-order valence-electron chi connectivity index (χ0n) is 13.7. The first kappa shape index (κ1) is 16.1. The highest BCUT2D eigenvalue weighted by Gasteiger charge is 2.43. The Labute approximate surface area is 126 Å². The van der Waals surface area contributed by atoms with Crippen molar-refractivity contribution in [1.29, 1.82) is 0 Å². The summed E-state index contributed by atoms with van der Waals surface area (Å²) in [4.78, 5) is 16.2. The molecule has 5 nitrogen and oxygen atoms in total. The summed E-state index contributed by atoms with van der Waals surface area (Å²) in [6.45, 7) is 8.20. The van der Waals surface area contributed by atoms with Crippen LogP contribution < -0.4 is 0 Å². The fraction of sp³-hybridized carbons (Fsp3) is 0.812. The number of ketones is 1. The van der Waals surface area contributed by atoms with Gasteiger partial charge in [-0.15, -0.1) is 0 Å². The lowest BCUT2D eigenvalue weighted by Crippen LogP contribution is -2.37. The number of rotatable bonds is 5. The normalized spacial score (nSPS) is 22.0. The topological polar surface area (TPSA) is 65.2 Å². The van der Waals surface area contributed by atoms with Crippen molar-refractivity contribution in [3.05, 3.63) is 11.7 Å². The number of aromatic nitrogens is 2. The Hall–Kier alpha value is -1.23. The van der Waals surface area contributed by atoms with E-state index in [1.165, 1.54) is 0 Å². The minimum absolute atomic E-state index is 0.112. The fourth-order valence-corrected chi connectivity index (χ4v) is 2.89. The third-order valence-electron chi connectivity index (χ3n) is 4.85. The minimum atomic E-state index is -0.466. The van der Waals surface area contributed by atoms with E-state index in [0.29, 0.717) is 23.6 Å². The number of Topliss-reactive ketones (excluding diaryl/α,β-unsaturated/α-hetero) is 1. The van der Waals surface area contributed by atoms with Crippen LogP contribution in [-0.4, -0.2) is 23.0 Å². The van der Waals surface area contributed by atoms with Crippen molar-refractivity contribution in [3.63, 3.8) is 0 Å².